The van der Waals surface area contributed by atoms with Gasteiger partial charge >= 0.3 is 0 Å². The van der Waals surface area contributed by atoms with Gasteiger partial charge in [0, 0.05) is 6.54 Å². The lowest BCUT2D eigenvalue weighted by Gasteiger charge is -2.50. The van der Waals surface area contributed by atoms with E-state index in [-0.39, 0.29) is 11.8 Å². The van der Waals surface area contributed by atoms with Gasteiger partial charge in [-0.05, 0) is 45.4 Å². The number of unbranched alkanes of at least 4 members (excludes halogenated alkanes) is 2. The summed E-state index contributed by atoms with van der Waals surface area (Å²) in [5.74, 6) is 0.486. The first-order valence-corrected chi connectivity index (χ1v) is 8.04. The Labute approximate surface area is 122 Å². The highest BCUT2D eigenvalue weighted by Gasteiger charge is 2.59. The van der Waals surface area contributed by atoms with E-state index >= 15 is 0 Å². The maximum atomic E-state index is 12.9. The van der Waals surface area contributed by atoms with E-state index in [1.54, 1.807) is 0 Å². The third-order valence-corrected chi connectivity index (χ3v) is 5.19. The van der Waals surface area contributed by atoms with Gasteiger partial charge in [-0.1, -0.05) is 26.7 Å². The number of carbonyl (C=O) groups is 2. The predicted molar refractivity (Wildman–Crippen MR) is 79.2 cm³/mol. The zero-order valence-corrected chi connectivity index (χ0v) is 13.3. The van der Waals surface area contributed by atoms with Gasteiger partial charge in [0.25, 0.3) is 0 Å². The number of rotatable bonds is 6. The Morgan fingerprint density at radius 1 is 1.20 bits per heavy atom. The summed E-state index contributed by atoms with van der Waals surface area (Å²) in [7, 11) is 0. The Morgan fingerprint density at radius 3 is 2.35 bits per heavy atom. The molecule has 2 aliphatic rings. The molecule has 1 aliphatic heterocycles. The van der Waals surface area contributed by atoms with Crippen molar-refractivity contribution >= 4 is 11.8 Å². The standard InChI is InChI=1S/C16H28N2O2/c1-5-7-8-11-18-14(20)15(3,6-2)17-13(19)16(18,4)12-9-10-12/h12H,5-11H2,1-4H3,(H,17,19). The van der Waals surface area contributed by atoms with Gasteiger partial charge in [0.15, 0.2) is 0 Å². The van der Waals surface area contributed by atoms with Crippen LogP contribution in [0.4, 0.5) is 0 Å². The fraction of sp³-hybridized carbons (Fsp3) is 0.875. The van der Waals surface area contributed by atoms with Crippen molar-refractivity contribution < 1.29 is 9.59 Å². The van der Waals surface area contributed by atoms with Gasteiger partial charge in [-0.2, -0.15) is 0 Å². The van der Waals surface area contributed by atoms with Gasteiger partial charge in [0.1, 0.15) is 11.1 Å². The minimum atomic E-state index is -0.725. The number of hydrogen-bond acceptors (Lipinski definition) is 2. The van der Waals surface area contributed by atoms with Crippen LogP contribution in [0.5, 0.6) is 0 Å². The first-order chi connectivity index (χ1) is 9.40. The van der Waals surface area contributed by atoms with Crippen LogP contribution < -0.4 is 5.32 Å². The van der Waals surface area contributed by atoms with Crippen molar-refractivity contribution in [3.05, 3.63) is 0 Å². The fourth-order valence-corrected chi connectivity index (χ4v) is 3.21. The van der Waals surface area contributed by atoms with Crippen molar-refractivity contribution in [2.75, 3.05) is 6.54 Å². The molecule has 2 fully saturated rings. The van der Waals surface area contributed by atoms with Crippen LogP contribution in [0.3, 0.4) is 0 Å². The average molecular weight is 280 g/mol. The van der Waals surface area contributed by atoms with Gasteiger partial charge < -0.3 is 10.2 Å². The van der Waals surface area contributed by atoms with E-state index in [9.17, 15) is 9.59 Å². The Hall–Kier alpha value is -1.06. The summed E-state index contributed by atoms with van der Waals surface area (Å²) in [4.78, 5) is 27.4. The molecule has 1 saturated carbocycles. The molecule has 0 radical (unpaired) electrons. The van der Waals surface area contributed by atoms with Crippen LogP contribution in [-0.2, 0) is 9.59 Å². The molecule has 0 bridgehead atoms. The number of carbonyl (C=O) groups excluding carboxylic acids is 2. The van der Waals surface area contributed by atoms with Crippen molar-refractivity contribution in [2.45, 2.75) is 77.3 Å². The molecule has 114 valence electrons. The lowest BCUT2D eigenvalue weighted by atomic mass is 9.82. The average Bonchev–Trinajstić information content (AvgIpc) is 3.25. The zero-order valence-electron chi connectivity index (χ0n) is 13.3. The highest BCUT2D eigenvalue weighted by atomic mass is 16.2. The third kappa shape index (κ3) is 2.33. The molecule has 2 rings (SSSR count). The third-order valence-electron chi connectivity index (χ3n) is 5.19. The molecule has 4 nitrogen and oxygen atoms in total. The Kier molecular flexibility index (Phi) is 4.12. The summed E-state index contributed by atoms with van der Waals surface area (Å²) >= 11 is 0. The van der Waals surface area contributed by atoms with Crippen LogP contribution in [0.15, 0.2) is 0 Å². The first kappa shape index (κ1) is 15.3. The highest BCUT2D eigenvalue weighted by Crippen LogP contribution is 2.46. The largest absolute Gasteiger partial charge is 0.340 e. The minimum Gasteiger partial charge on any atom is -0.340 e. The van der Waals surface area contributed by atoms with E-state index in [0.717, 1.165) is 32.1 Å². The van der Waals surface area contributed by atoms with Crippen LogP contribution in [0, 0.1) is 5.92 Å². The SMILES string of the molecule is CCCCCN1C(=O)C(C)(CC)NC(=O)C1(C)C1CC1. The molecule has 2 amide bonds. The molecule has 0 aromatic heterocycles. The second-order valence-electron chi connectivity index (χ2n) is 6.73. The van der Waals surface area contributed by atoms with Crippen molar-refractivity contribution in [1.82, 2.24) is 10.2 Å². The van der Waals surface area contributed by atoms with Gasteiger partial charge in [0.2, 0.25) is 11.8 Å². The molecule has 0 aromatic rings. The van der Waals surface area contributed by atoms with Gasteiger partial charge in [-0.25, -0.2) is 0 Å². The normalized spacial score (nSPS) is 34.3. The van der Waals surface area contributed by atoms with E-state index in [1.165, 1.54) is 0 Å². The molecule has 1 aliphatic carbocycles. The Balaban J connectivity index is 2.26. The lowest BCUT2D eigenvalue weighted by molar-refractivity contribution is -0.163. The minimum absolute atomic E-state index is 0.0421. The van der Waals surface area contributed by atoms with Crippen LogP contribution in [0.1, 0.15) is 66.2 Å². The Morgan fingerprint density at radius 2 is 1.85 bits per heavy atom. The van der Waals surface area contributed by atoms with E-state index in [1.807, 2.05) is 25.7 Å². The number of amides is 2. The number of piperazine rings is 1. The van der Waals surface area contributed by atoms with Crippen LogP contribution in [0.25, 0.3) is 0 Å². The molecule has 0 aromatic carbocycles. The molecular formula is C16H28N2O2. The monoisotopic (exact) mass is 280 g/mol. The molecule has 1 N–H and O–H groups in total. The summed E-state index contributed by atoms with van der Waals surface area (Å²) in [5, 5.41) is 2.99. The van der Waals surface area contributed by atoms with Crippen molar-refractivity contribution in [3.8, 4) is 0 Å². The summed E-state index contributed by atoms with van der Waals surface area (Å²) in [5.41, 5.74) is -1.35. The number of nitrogens with one attached hydrogen (secondary N) is 1. The Bertz CT molecular complexity index is 405. The summed E-state index contributed by atoms with van der Waals surface area (Å²) in [6, 6.07) is 0. The molecule has 20 heavy (non-hydrogen) atoms. The first-order valence-electron chi connectivity index (χ1n) is 8.04. The van der Waals surface area contributed by atoms with Gasteiger partial charge in [0.05, 0.1) is 0 Å². The second-order valence-corrected chi connectivity index (χ2v) is 6.73. The molecule has 2 unspecified atom stereocenters. The maximum Gasteiger partial charge on any atom is 0.248 e. The van der Waals surface area contributed by atoms with Crippen LogP contribution >= 0.6 is 0 Å². The molecule has 2 atom stereocenters. The molecule has 4 heteroatoms. The molecule has 0 spiro atoms. The predicted octanol–water partition coefficient (Wildman–Crippen LogP) is 2.47. The molecular weight excluding hydrogens is 252 g/mol. The van der Waals surface area contributed by atoms with Crippen molar-refractivity contribution in [2.24, 2.45) is 5.92 Å². The molecule has 1 saturated heterocycles. The fourth-order valence-electron chi connectivity index (χ4n) is 3.21. The van der Waals surface area contributed by atoms with Crippen LogP contribution in [-0.4, -0.2) is 34.3 Å². The van der Waals surface area contributed by atoms with E-state index < -0.39 is 11.1 Å². The van der Waals surface area contributed by atoms with E-state index in [2.05, 4.69) is 12.2 Å². The van der Waals surface area contributed by atoms with Crippen molar-refractivity contribution in [3.63, 3.8) is 0 Å². The second kappa shape index (κ2) is 5.38. The summed E-state index contributed by atoms with van der Waals surface area (Å²) in [6.45, 7) is 8.64. The highest BCUT2D eigenvalue weighted by molar-refractivity contribution is 6.02. The van der Waals surface area contributed by atoms with Gasteiger partial charge in [-0.3, -0.25) is 9.59 Å². The van der Waals surface area contributed by atoms with E-state index in [4.69, 9.17) is 0 Å². The van der Waals surface area contributed by atoms with E-state index in [0.29, 0.717) is 18.9 Å². The van der Waals surface area contributed by atoms with Crippen LogP contribution in [0.2, 0.25) is 0 Å². The summed E-state index contributed by atoms with van der Waals surface area (Å²) < 4.78 is 0. The summed E-state index contributed by atoms with van der Waals surface area (Å²) in [6.07, 6.45) is 5.98. The number of hydrogen-bond donors (Lipinski definition) is 1. The van der Waals surface area contributed by atoms with Crippen molar-refractivity contribution in [1.29, 1.82) is 0 Å². The van der Waals surface area contributed by atoms with Gasteiger partial charge in [-0.15, -0.1) is 0 Å². The molecule has 1 heterocycles. The topological polar surface area (TPSA) is 49.4 Å². The smallest absolute Gasteiger partial charge is 0.248 e. The lowest BCUT2D eigenvalue weighted by Crippen LogP contribution is -2.74. The zero-order chi connectivity index (χ0) is 15.0. The number of nitrogens with zero attached hydrogens (tertiary/aromatic N) is 1. The quantitative estimate of drug-likeness (QED) is 0.760. The maximum absolute atomic E-state index is 12.9.